The van der Waals surface area contributed by atoms with Gasteiger partial charge in [-0.05, 0) is 31.0 Å². The van der Waals surface area contributed by atoms with Crippen LogP contribution in [0.3, 0.4) is 0 Å². The molecular weight excluding hydrogens is 354 g/mol. The van der Waals surface area contributed by atoms with E-state index in [0.717, 1.165) is 22.0 Å². The van der Waals surface area contributed by atoms with Crippen molar-refractivity contribution in [3.63, 3.8) is 0 Å². The number of nitrogens with one attached hydrogen (secondary N) is 1. The first-order chi connectivity index (χ1) is 12.5. The number of rotatable bonds is 2. The molecule has 1 N–H and O–H groups in total. The van der Waals surface area contributed by atoms with Crippen LogP contribution in [0.15, 0.2) is 28.1 Å². The Kier molecular flexibility index (Phi) is 4.40. The molecule has 3 heterocycles. The van der Waals surface area contributed by atoms with E-state index in [-0.39, 0.29) is 11.8 Å². The van der Waals surface area contributed by atoms with E-state index in [0.29, 0.717) is 32.5 Å². The number of thioether (sulfide) groups is 1. The summed E-state index contributed by atoms with van der Waals surface area (Å²) in [4.78, 5) is 30.7. The summed E-state index contributed by atoms with van der Waals surface area (Å²) in [5, 5.41) is 1.13. The maximum Gasteiger partial charge on any atom is 0.260 e. The summed E-state index contributed by atoms with van der Waals surface area (Å²) in [6.07, 6.45) is 2.02. The van der Waals surface area contributed by atoms with Crippen LogP contribution in [0.4, 0.5) is 5.69 Å². The molecule has 0 saturated carbocycles. The maximum absolute atomic E-state index is 13.3. The number of carbonyl (C=O) groups is 2. The molecule has 2 amide bonds. The summed E-state index contributed by atoms with van der Waals surface area (Å²) >= 11 is 1.47. The molecular formula is C18H21N3O4S. The summed E-state index contributed by atoms with van der Waals surface area (Å²) in [5.74, 6) is 0.371. The molecule has 138 valence electrons. The number of piperidine rings is 1. The van der Waals surface area contributed by atoms with E-state index in [1.54, 1.807) is 12.1 Å². The monoisotopic (exact) mass is 375 g/mol. The second-order valence-electron chi connectivity index (χ2n) is 6.79. The van der Waals surface area contributed by atoms with E-state index in [1.165, 1.54) is 18.7 Å². The lowest BCUT2D eigenvalue weighted by Gasteiger charge is -2.51. The number of methoxy groups -OCH3 is 1. The second kappa shape index (κ2) is 6.59. The lowest BCUT2D eigenvalue weighted by molar-refractivity contribution is -0.154. The number of amides is 2. The highest BCUT2D eigenvalue weighted by Crippen LogP contribution is 2.46. The van der Waals surface area contributed by atoms with E-state index < -0.39 is 10.8 Å². The van der Waals surface area contributed by atoms with Crippen molar-refractivity contribution >= 4 is 35.0 Å². The number of benzene rings is 1. The number of fused-ring (bicyclic) bond motifs is 2. The van der Waals surface area contributed by atoms with Crippen LogP contribution in [0, 0.1) is 0 Å². The van der Waals surface area contributed by atoms with E-state index in [4.69, 9.17) is 14.5 Å². The topological polar surface area (TPSA) is 80.2 Å². The fraction of sp³-hybridized carbons (Fsp3) is 0.500. The zero-order valence-electron chi connectivity index (χ0n) is 14.8. The fourth-order valence-electron chi connectivity index (χ4n) is 3.79. The molecule has 1 atom stereocenters. The van der Waals surface area contributed by atoms with Crippen LogP contribution in [-0.2, 0) is 14.3 Å². The third-order valence-electron chi connectivity index (χ3n) is 5.10. The number of hydrazine groups is 1. The zero-order chi connectivity index (χ0) is 18.3. The minimum Gasteiger partial charge on any atom is -0.497 e. The van der Waals surface area contributed by atoms with Gasteiger partial charge in [0.25, 0.3) is 5.91 Å². The molecule has 0 bridgehead atoms. The van der Waals surface area contributed by atoms with Crippen molar-refractivity contribution in [3.8, 4) is 5.75 Å². The van der Waals surface area contributed by atoms with Gasteiger partial charge in [0.05, 0.1) is 18.3 Å². The Morgan fingerprint density at radius 2 is 2.19 bits per heavy atom. The van der Waals surface area contributed by atoms with E-state index in [9.17, 15) is 9.59 Å². The number of hydrogen-bond acceptors (Lipinski definition) is 6. The van der Waals surface area contributed by atoms with Gasteiger partial charge in [0, 0.05) is 37.2 Å². The molecule has 26 heavy (non-hydrogen) atoms. The van der Waals surface area contributed by atoms with Gasteiger partial charge in [-0.1, -0.05) is 0 Å². The maximum atomic E-state index is 13.3. The Labute approximate surface area is 156 Å². The highest BCUT2D eigenvalue weighted by Gasteiger charge is 2.52. The molecule has 3 aliphatic rings. The van der Waals surface area contributed by atoms with Crippen molar-refractivity contribution in [3.05, 3.63) is 18.2 Å². The number of aliphatic imine (C=N–C) groups is 1. The average molecular weight is 375 g/mol. The van der Waals surface area contributed by atoms with E-state index >= 15 is 0 Å². The van der Waals surface area contributed by atoms with Crippen molar-refractivity contribution in [2.45, 2.75) is 41.9 Å². The molecule has 0 aliphatic carbocycles. The van der Waals surface area contributed by atoms with Crippen LogP contribution < -0.4 is 10.2 Å². The van der Waals surface area contributed by atoms with Crippen molar-refractivity contribution in [1.29, 1.82) is 0 Å². The highest BCUT2D eigenvalue weighted by atomic mass is 32.2. The van der Waals surface area contributed by atoms with Gasteiger partial charge < -0.3 is 9.47 Å². The van der Waals surface area contributed by atoms with Crippen LogP contribution in [0.1, 0.15) is 26.2 Å². The average Bonchev–Trinajstić information content (AvgIpc) is 2.64. The number of nitrogens with zero attached hydrogens (tertiary/aromatic N) is 2. The smallest absolute Gasteiger partial charge is 0.260 e. The summed E-state index contributed by atoms with van der Waals surface area (Å²) in [6.45, 7) is 2.57. The molecule has 1 aromatic carbocycles. The van der Waals surface area contributed by atoms with Gasteiger partial charge in [-0.2, -0.15) is 0 Å². The lowest BCUT2D eigenvalue weighted by Crippen LogP contribution is -2.68. The Bertz CT molecular complexity index is 789. The Morgan fingerprint density at radius 3 is 2.88 bits per heavy atom. The van der Waals surface area contributed by atoms with Crippen LogP contribution in [0.5, 0.6) is 5.75 Å². The molecule has 0 aromatic heterocycles. The second-order valence-corrected chi connectivity index (χ2v) is 7.94. The first-order valence-corrected chi connectivity index (χ1v) is 9.52. The van der Waals surface area contributed by atoms with Crippen molar-refractivity contribution in [1.82, 2.24) is 10.4 Å². The zero-order valence-corrected chi connectivity index (χ0v) is 15.6. The predicted octanol–water partition coefficient (Wildman–Crippen LogP) is 2.07. The molecule has 2 saturated heterocycles. The van der Waals surface area contributed by atoms with Crippen LogP contribution in [0.2, 0.25) is 0 Å². The Morgan fingerprint density at radius 1 is 1.42 bits per heavy atom. The van der Waals surface area contributed by atoms with Crippen LogP contribution in [0.25, 0.3) is 0 Å². The van der Waals surface area contributed by atoms with Crippen LogP contribution in [-0.4, -0.2) is 53.6 Å². The number of ether oxygens (including phenoxy) is 2. The quantitative estimate of drug-likeness (QED) is 0.856. The molecule has 8 heteroatoms. The van der Waals surface area contributed by atoms with Crippen molar-refractivity contribution in [2.75, 3.05) is 20.3 Å². The molecule has 1 unspecified atom stereocenters. The first kappa shape index (κ1) is 17.4. The van der Waals surface area contributed by atoms with Gasteiger partial charge >= 0.3 is 0 Å². The molecule has 4 rings (SSSR count). The van der Waals surface area contributed by atoms with Crippen molar-refractivity contribution < 1.29 is 19.1 Å². The lowest BCUT2D eigenvalue weighted by atomic mass is 9.80. The van der Waals surface area contributed by atoms with Crippen LogP contribution >= 0.6 is 11.8 Å². The summed E-state index contributed by atoms with van der Waals surface area (Å²) in [5.41, 5.74) is 4.05. The predicted molar refractivity (Wildman–Crippen MR) is 97.8 cm³/mol. The fourth-order valence-corrected chi connectivity index (χ4v) is 4.94. The normalized spacial score (nSPS) is 23.8. The minimum absolute atomic E-state index is 0.120. The van der Waals surface area contributed by atoms with E-state index in [1.807, 2.05) is 18.2 Å². The molecule has 7 nitrogen and oxygen atoms in total. The first-order valence-electron chi connectivity index (χ1n) is 8.64. The standard InChI is InChI=1S/C18H21N3O4S/c1-11(22)20-21-17(23)16-14(10-18(21)5-7-25-8-6-18)19-13-4-3-12(24-2)9-15(13)26-16/h3-4,9,16H,5-8,10H2,1-2H3,(H,20,22). The Balaban J connectivity index is 1.73. The highest BCUT2D eigenvalue weighted by molar-refractivity contribution is 8.01. The van der Waals surface area contributed by atoms with E-state index in [2.05, 4.69) is 5.43 Å². The van der Waals surface area contributed by atoms with Gasteiger partial charge in [0.15, 0.2) is 0 Å². The van der Waals surface area contributed by atoms with Gasteiger partial charge in [0.2, 0.25) is 5.91 Å². The van der Waals surface area contributed by atoms with Gasteiger partial charge in [-0.3, -0.25) is 20.0 Å². The van der Waals surface area contributed by atoms with Gasteiger partial charge in [-0.15, -0.1) is 11.8 Å². The third-order valence-corrected chi connectivity index (χ3v) is 6.39. The van der Waals surface area contributed by atoms with Gasteiger partial charge in [0.1, 0.15) is 11.0 Å². The largest absolute Gasteiger partial charge is 0.497 e. The van der Waals surface area contributed by atoms with Crippen molar-refractivity contribution in [2.24, 2.45) is 4.99 Å². The third kappa shape index (κ3) is 2.87. The molecule has 3 aliphatic heterocycles. The molecule has 2 fully saturated rings. The molecule has 1 aromatic rings. The summed E-state index contributed by atoms with van der Waals surface area (Å²) < 4.78 is 10.8. The SMILES string of the molecule is COc1ccc2c(c1)SC1C(=O)N(NC(C)=O)C3(CCOCC3)CC1=N2. The number of carbonyl (C=O) groups excluding carboxylic acids is 2. The number of hydrogen-bond donors (Lipinski definition) is 1. The molecule has 1 spiro atoms. The summed E-state index contributed by atoms with van der Waals surface area (Å²) in [6, 6.07) is 5.70. The minimum atomic E-state index is -0.457. The Hall–Kier alpha value is -2.06. The summed E-state index contributed by atoms with van der Waals surface area (Å²) in [7, 11) is 1.61. The molecule has 0 radical (unpaired) electrons. The van der Waals surface area contributed by atoms with Gasteiger partial charge in [-0.25, -0.2) is 5.01 Å².